The van der Waals surface area contributed by atoms with E-state index in [9.17, 15) is 0 Å². The zero-order valence-electron chi connectivity index (χ0n) is 6.98. The van der Waals surface area contributed by atoms with Crippen molar-refractivity contribution in [2.45, 2.75) is 32.7 Å². The smallest absolute Gasteiger partial charge is 0.0241 e. The van der Waals surface area contributed by atoms with Crippen LogP contribution in [0.4, 0.5) is 0 Å². The van der Waals surface area contributed by atoms with E-state index in [0.29, 0.717) is 11.5 Å². The lowest BCUT2D eigenvalue weighted by molar-refractivity contribution is 0.185. The third-order valence-electron chi connectivity index (χ3n) is 2.57. The van der Waals surface area contributed by atoms with Crippen molar-refractivity contribution in [3.63, 3.8) is 0 Å². The number of rotatable bonds is 1. The first kappa shape index (κ1) is 8.02. The van der Waals surface area contributed by atoms with Crippen LogP contribution in [0.3, 0.4) is 0 Å². The van der Waals surface area contributed by atoms with Gasteiger partial charge in [0.2, 0.25) is 0 Å². The largest absolute Gasteiger partial charge is 0.329 e. The molecule has 1 saturated heterocycles. The zero-order chi connectivity index (χ0) is 7.61. The van der Waals surface area contributed by atoms with Gasteiger partial charge in [-0.05, 0) is 24.8 Å². The third-order valence-corrected chi connectivity index (χ3v) is 2.57. The summed E-state index contributed by atoms with van der Waals surface area (Å²) in [6.07, 6.45) is 2.60. The average Bonchev–Trinajstić information content (AvgIpc) is 1.87. The molecular formula is C8H18N2. The normalized spacial score (nSPS) is 32.1. The van der Waals surface area contributed by atoms with E-state index in [2.05, 4.69) is 19.2 Å². The summed E-state index contributed by atoms with van der Waals surface area (Å²) in [5.41, 5.74) is 6.03. The molecule has 0 saturated carbocycles. The van der Waals surface area contributed by atoms with E-state index in [1.54, 1.807) is 0 Å². The van der Waals surface area contributed by atoms with Gasteiger partial charge in [-0.1, -0.05) is 13.8 Å². The van der Waals surface area contributed by atoms with Gasteiger partial charge in [-0.3, -0.25) is 0 Å². The van der Waals surface area contributed by atoms with Crippen molar-refractivity contribution in [3.05, 3.63) is 0 Å². The summed E-state index contributed by atoms with van der Waals surface area (Å²) < 4.78 is 0. The Labute approximate surface area is 63.2 Å². The highest BCUT2D eigenvalue weighted by Crippen LogP contribution is 2.29. The number of hydrogen-bond donors (Lipinski definition) is 2. The fraction of sp³-hybridized carbons (Fsp3) is 1.00. The second-order valence-electron chi connectivity index (χ2n) is 3.83. The summed E-state index contributed by atoms with van der Waals surface area (Å²) >= 11 is 0. The van der Waals surface area contributed by atoms with Gasteiger partial charge < -0.3 is 11.1 Å². The lowest BCUT2D eigenvalue weighted by Gasteiger charge is -2.38. The molecular weight excluding hydrogens is 124 g/mol. The van der Waals surface area contributed by atoms with Crippen LogP contribution >= 0.6 is 0 Å². The Morgan fingerprint density at radius 3 is 2.70 bits per heavy atom. The molecule has 2 nitrogen and oxygen atoms in total. The van der Waals surface area contributed by atoms with E-state index >= 15 is 0 Å². The van der Waals surface area contributed by atoms with Crippen molar-refractivity contribution < 1.29 is 0 Å². The molecule has 0 aromatic carbocycles. The Hall–Kier alpha value is -0.0800. The summed E-state index contributed by atoms with van der Waals surface area (Å²) in [6.45, 7) is 6.49. The monoisotopic (exact) mass is 142 g/mol. The van der Waals surface area contributed by atoms with Crippen molar-refractivity contribution in [1.82, 2.24) is 5.32 Å². The van der Waals surface area contributed by atoms with Gasteiger partial charge in [0.25, 0.3) is 0 Å². The van der Waals surface area contributed by atoms with Gasteiger partial charge >= 0.3 is 0 Å². The number of hydrogen-bond acceptors (Lipinski definition) is 2. The van der Waals surface area contributed by atoms with E-state index in [-0.39, 0.29) is 0 Å². The quantitative estimate of drug-likeness (QED) is 0.566. The van der Waals surface area contributed by atoms with Crippen LogP contribution in [0.25, 0.3) is 0 Å². The molecule has 3 N–H and O–H groups in total. The second kappa shape index (κ2) is 2.89. The lowest BCUT2D eigenvalue weighted by atomic mass is 9.78. The van der Waals surface area contributed by atoms with Gasteiger partial charge in [0.15, 0.2) is 0 Å². The molecule has 10 heavy (non-hydrogen) atoms. The van der Waals surface area contributed by atoms with Crippen LogP contribution in [0.15, 0.2) is 0 Å². The first-order chi connectivity index (χ1) is 4.67. The lowest BCUT2D eigenvalue weighted by Crippen LogP contribution is -2.50. The molecule has 0 bridgehead atoms. The van der Waals surface area contributed by atoms with Gasteiger partial charge in [0, 0.05) is 12.6 Å². The van der Waals surface area contributed by atoms with Gasteiger partial charge in [0.1, 0.15) is 0 Å². The van der Waals surface area contributed by atoms with Gasteiger partial charge in [-0.25, -0.2) is 0 Å². The fourth-order valence-electron chi connectivity index (χ4n) is 1.67. The Kier molecular flexibility index (Phi) is 2.32. The minimum Gasteiger partial charge on any atom is -0.329 e. The van der Waals surface area contributed by atoms with Gasteiger partial charge in [-0.15, -0.1) is 0 Å². The molecule has 0 aliphatic carbocycles. The maximum Gasteiger partial charge on any atom is 0.0241 e. The standard InChI is InChI=1S/C8H18N2/c1-8(2)4-3-5-10-7(8)6-9/h7,10H,3-6,9H2,1-2H3. The highest BCUT2D eigenvalue weighted by molar-refractivity contribution is 4.88. The molecule has 1 atom stereocenters. The Morgan fingerprint density at radius 2 is 2.30 bits per heavy atom. The topological polar surface area (TPSA) is 38.0 Å². The number of nitrogens with two attached hydrogens (primary N) is 1. The molecule has 0 radical (unpaired) electrons. The highest BCUT2D eigenvalue weighted by atomic mass is 15.0. The summed E-state index contributed by atoms with van der Waals surface area (Å²) in [7, 11) is 0. The van der Waals surface area contributed by atoms with E-state index in [1.165, 1.54) is 12.8 Å². The van der Waals surface area contributed by atoms with E-state index in [4.69, 9.17) is 5.73 Å². The molecule has 0 spiro atoms. The van der Waals surface area contributed by atoms with Crippen LogP contribution < -0.4 is 11.1 Å². The van der Waals surface area contributed by atoms with Crippen LogP contribution in [0.5, 0.6) is 0 Å². The Morgan fingerprint density at radius 1 is 1.60 bits per heavy atom. The van der Waals surface area contributed by atoms with Gasteiger partial charge in [0.05, 0.1) is 0 Å². The molecule has 1 aliphatic heterocycles. The summed E-state index contributed by atoms with van der Waals surface area (Å²) in [6, 6.07) is 0.529. The first-order valence-electron chi connectivity index (χ1n) is 4.10. The maximum atomic E-state index is 5.62. The minimum absolute atomic E-state index is 0.410. The van der Waals surface area contributed by atoms with E-state index < -0.39 is 0 Å². The van der Waals surface area contributed by atoms with Crippen molar-refractivity contribution in [2.24, 2.45) is 11.1 Å². The molecule has 1 heterocycles. The summed E-state index contributed by atoms with van der Waals surface area (Å²) in [5.74, 6) is 0. The molecule has 1 aliphatic rings. The van der Waals surface area contributed by atoms with Crippen molar-refractivity contribution in [2.75, 3.05) is 13.1 Å². The third kappa shape index (κ3) is 1.50. The van der Waals surface area contributed by atoms with Gasteiger partial charge in [-0.2, -0.15) is 0 Å². The highest BCUT2D eigenvalue weighted by Gasteiger charge is 2.30. The summed E-state index contributed by atoms with van der Waals surface area (Å²) in [4.78, 5) is 0. The SMILES string of the molecule is CC1(C)CCCNC1CN. The second-order valence-corrected chi connectivity index (χ2v) is 3.83. The predicted molar refractivity (Wildman–Crippen MR) is 43.9 cm³/mol. The number of nitrogens with one attached hydrogen (secondary N) is 1. The van der Waals surface area contributed by atoms with Crippen molar-refractivity contribution in [3.8, 4) is 0 Å². The van der Waals surface area contributed by atoms with Crippen molar-refractivity contribution >= 4 is 0 Å². The predicted octanol–water partition coefficient (Wildman–Crippen LogP) is 0.723. The first-order valence-corrected chi connectivity index (χ1v) is 4.10. The zero-order valence-corrected chi connectivity index (χ0v) is 6.98. The molecule has 0 aromatic heterocycles. The molecule has 1 rings (SSSR count). The van der Waals surface area contributed by atoms with Crippen LogP contribution in [0.1, 0.15) is 26.7 Å². The summed E-state index contributed by atoms with van der Waals surface area (Å²) in [5, 5.41) is 3.43. The minimum atomic E-state index is 0.410. The fourth-order valence-corrected chi connectivity index (χ4v) is 1.67. The van der Waals surface area contributed by atoms with E-state index in [0.717, 1.165) is 13.1 Å². The molecule has 60 valence electrons. The maximum absolute atomic E-state index is 5.62. The number of piperidine rings is 1. The molecule has 1 unspecified atom stereocenters. The van der Waals surface area contributed by atoms with Crippen LogP contribution in [0.2, 0.25) is 0 Å². The van der Waals surface area contributed by atoms with Crippen LogP contribution in [0, 0.1) is 5.41 Å². The average molecular weight is 142 g/mol. The Bertz CT molecular complexity index is 110. The molecule has 0 amide bonds. The van der Waals surface area contributed by atoms with Crippen LogP contribution in [-0.4, -0.2) is 19.1 Å². The van der Waals surface area contributed by atoms with Crippen molar-refractivity contribution in [1.29, 1.82) is 0 Å². The van der Waals surface area contributed by atoms with E-state index in [1.807, 2.05) is 0 Å². The van der Waals surface area contributed by atoms with Crippen LogP contribution in [-0.2, 0) is 0 Å². The molecule has 2 heteroatoms. The molecule has 1 fully saturated rings. The Balaban J connectivity index is 2.51. The molecule has 0 aromatic rings.